The van der Waals surface area contributed by atoms with Crippen molar-refractivity contribution in [1.29, 1.82) is 0 Å². The van der Waals surface area contributed by atoms with E-state index in [0.717, 1.165) is 12.8 Å². The van der Waals surface area contributed by atoms with Crippen LogP contribution in [0.3, 0.4) is 0 Å². The Morgan fingerprint density at radius 2 is 2.15 bits per heavy atom. The molecule has 0 bridgehead atoms. The summed E-state index contributed by atoms with van der Waals surface area (Å²) >= 11 is 0. The van der Waals surface area contributed by atoms with Crippen molar-refractivity contribution in [2.45, 2.75) is 45.1 Å². The number of nitrogens with two attached hydrogens (primary N) is 1. The Hall–Kier alpha value is -0.830. The Balaban J connectivity index is 3.76. The quantitative estimate of drug-likeness (QED) is 0.491. The molecule has 0 fully saturated rings. The lowest BCUT2D eigenvalue weighted by molar-refractivity contribution is -0.140. The average molecular weight is 185 g/mol. The molecule has 0 unspecified atom stereocenters. The summed E-state index contributed by atoms with van der Waals surface area (Å²) in [6.07, 6.45) is 7.77. The van der Waals surface area contributed by atoms with Crippen LogP contribution in [0.4, 0.5) is 0 Å². The first-order valence-corrected chi connectivity index (χ1v) is 4.70. The first kappa shape index (κ1) is 12.2. The molecule has 3 nitrogen and oxygen atoms in total. The molecule has 0 saturated heterocycles. The number of carbonyl (C=O) groups is 1. The van der Waals surface area contributed by atoms with Crippen LogP contribution in [0.1, 0.15) is 39.5 Å². The van der Waals surface area contributed by atoms with Gasteiger partial charge in [-0.3, -0.25) is 0 Å². The van der Waals surface area contributed by atoms with Crippen LogP contribution in [0.15, 0.2) is 12.2 Å². The van der Waals surface area contributed by atoms with E-state index in [0.29, 0.717) is 0 Å². The summed E-state index contributed by atoms with van der Waals surface area (Å²) < 4.78 is 0. The van der Waals surface area contributed by atoms with Gasteiger partial charge >= 0.3 is 5.97 Å². The molecule has 0 aliphatic rings. The van der Waals surface area contributed by atoms with Gasteiger partial charge in [0.05, 0.1) is 0 Å². The summed E-state index contributed by atoms with van der Waals surface area (Å²) in [5.74, 6) is -0.987. The van der Waals surface area contributed by atoms with E-state index in [1.807, 2.05) is 6.08 Å². The zero-order valence-electron chi connectivity index (χ0n) is 8.42. The van der Waals surface area contributed by atoms with Gasteiger partial charge in [0.2, 0.25) is 0 Å². The summed E-state index contributed by atoms with van der Waals surface area (Å²) in [5.41, 5.74) is 4.27. The van der Waals surface area contributed by atoms with Crippen LogP contribution in [0, 0.1) is 0 Å². The Labute approximate surface area is 79.6 Å². The molecule has 0 amide bonds. The first-order chi connectivity index (χ1) is 6.00. The maximum Gasteiger partial charge on any atom is 0.327 e. The fourth-order valence-electron chi connectivity index (χ4n) is 0.912. The number of allylic oxidation sites excluding steroid dienone is 1. The number of hydrogen-bond donors (Lipinski definition) is 2. The molecule has 13 heavy (non-hydrogen) atoms. The Morgan fingerprint density at radius 1 is 1.54 bits per heavy atom. The number of unbranched alkanes of at least 4 members (excludes halogenated alkanes) is 3. The molecule has 0 spiro atoms. The molecule has 0 radical (unpaired) electrons. The lowest BCUT2D eigenvalue weighted by Gasteiger charge is -2.12. The predicted molar refractivity (Wildman–Crippen MR) is 53.5 cm³/mol. The van der Waals surface area contributed by atoms with Gasteiger partial charge in [0.15, 0.2) is 0 Å². The lowest BCUT2D eigenvalue weighted by atomic mass is 10.0. The van der Waals surface area contributed by atoms with E-state index >= 15 is 0 Å². The third kappa shape index (κ3) is 5.42. The summed E-state index contributed by atoms with van der Waals surface area (Å²) in [6.45, 7) is 3.62. The highest BCUT2D eigenvalue weighted by Crippen LogP contribution is 2.05. The minimum Gasteiger partial charge on any atom is -0.480 e. The number of carboxylic acids is 1. The van der Waals surface area contributed by atoms with E-state index in [9.17, 15) is 4.79 Å². The molecule has 0 aromatic carbocycles. The number of rotatable bonds is 6. The van der Waals surface area contributed by atoms with Crippen molar-refractivity contribution < 1.29 is 9.90 Å². The van der Waals surface area contributed by atoms with Crippen molar-refractivity contribution in [1.82, 2.24) is 0 Å². The normalized spacial score (nSPS) is 15.9. The Morgan fingerprint density at radius 3 is 2.62 bits per heavy atom. The smallest absolute Gasteiger partial charge is 0.327 e. The van der Waals surface area contributed by atoms with E-state index in [1.165, 1.54) is 19.8 Å². The third-order valence-corrected chi connectivity index (χ3v) is 1.90. The molecule has 0 aliphatic carbocycles. The van der Waals surface area contributed by atoms with Crippen molar-refractivity contribution >= 4 is 5.97 Å². The molecule has 0 aromatic rings. The lowest BCUT2D eigenvalue weighted by Crippen LogP contribution is -2.42. The van der Waals surface area contributed by atoms with Gasteiger partial charge < -0.3 is 10.8 Å². The van der Waals surface area contributed by atoms with Crippen molar-refractivity contribution in [3.8, 4) is 0 Å². The second-order valence-electron chi connectivity index (χ2n) is 3.49. The fourth-order valence-corrected chi connectivity index (χ4v) is 0.912. The molecule has 3 N–H and O–H groups in total. The second kappa shape index (κ2) is 5.75. The van der Waals surface area contributed by atoms with Crippen LogP contribution in [0.2, 0.25) is 0 Å². The molecule has 0 aliphatic heterocycles. The van der Waals surface area contributed by atoms with Crippen molar-refractivity contribution in [2.75, 3.05) is 0 Å². The van der Waals surface area contributed by atoms with E-state index in [4.69, 9.17) is 10.8 Å². The van der Waals surface area contributed by atoms with Gasteiger partial charge in [0, 0.05) is 0 Å². The highest BCUT2D eigenvalue weighted by atomic mass is 16.4. The average Bonchev–Trinajstić information content (AvgIpc) is 2.03. The van der Waals surface area contributed by atoms with E-state index < -0.39 is 11.5 Å². The van der Waals surface area contributed by atoms with Gasteiger partial charge in [-0.2, -0.15) is 0 Å². The van der Waals surface area contributed by atoms with Crippen LogP contribution in [-0.2, 0) is 4.79 Å². The minimum absolute atomic E-state index is 0.911. The molecular weight excluding hydrogens is 166 g/mol. The van der Waals surface area contributed by atoms with Crippen LogP contribution in [0.5, 0.6) is 0 Å². The van der Waals surface area contributed by atoms with Crippen LogP contribution < -0.4 is 5.73 Å². The van der Waals surface area contributed by atoms with Crippen molar-refractivity contribution in [3.05, 3.63) is 12.2 Å². The van der Waals surface area contributed by atoms with Gasteiger partial charge in [-0.25, -0.2) is 4.79 Å². The van der Waals surface area contributed by atoms with Crippen LogP contribution >= 0.6 is 0 Å². The number of carboxylic acid groups (broad SMARTS) is 1. The maximum atomic E-state index is 10.6. The van der Waals surface area contributed by atoms with E-state index in [1.54, 1.807) is 6.08 Å². The molecule has 0 rings (SSSR count). The third-order valence-electron chi connectivity index (χ3n) is 1.90. The van der Waals surface area contributed by atoms with Gasteiger partial charge in [-0.05, 0) is 19.8 Å². The fraction of sp³-hybridized carbons (Fsp3) is 0.700. The first-order valence-electron chi connectivity index (χ1n) is 4.70. The van der Waals surface area contributed by atoms with Crippen LogP contribution in [-0.4, -0.2) is 16.6 Å². The van der Waals surface area contributed by atoms with Crippen molar-refractivity contribution in [2.24, 2.45) is 5.73 Å². The largest absolute Gasteiger partial charge is 0.480 e. The van der Waals surface area contributed by atoms with Crippen LogP contribution in [0.25, 0.3) is 0 Å². The summed E-state index contributed by atoms with van der Waals surface area (Å²) in [7, 11) is 0. The number of hydrogen-bond acceptors (Lipinski definition) is 2. The topological polar surface area (TPSA) is 63.3 Å². The zero-order valence-corrected chi connectivity index (χ0v) is 8.42. The molecule has 0 aromatic heterocycles. The maximum absolute atomic E-state index is 10.6. The monoisotopic (exact) mass is 185 g/mol. The van der Waals surface area contributed by atoms with Gasteiger partial charge in [-0.15, -0.1) is 0 Å². The summed E-state index contributed by atoms with van der Waals surface area (Å²) in [4.78, 5) is 10.6. The minimum atomic E-state index is -1.22. The molecule has 0 saturated carbocycles. The Kier molecular flexibility index (Phi) is 5.39. The molecular formula is C10H19NO2. The molecule has 0 heterocycles. The van der Waals surface area contributed by atoms with Crippen molar-refractivity contribution in [3.63, 3.8) is 0 Å². The molecule has 3 heteroatoms. The van der Waals surface area contributed by atoms with E-state index in [-0.39, 0.29) is 0 Å². The van der Waals surface area contributed by atoms with Gasteiger partial charge in [0.25, 0.3) is 0 Å². The summed E-state index contributed by atoms with van der Waals surface area (Å²) in [6, 6.07) is 0. The molecule has 76 valence electrons. The predicted octanol–water partition coefficient (Wildman–Crippen LogP) is 1.92. The highest BCUT2D eigenvalue weighted by Gasteiger charge is 2.23. The molecule has 1 atom stereocenters. The second-order valence-corrected chi connectivity index (χ2v) is 3.49. The SMILES string of the molecule is CCCCCC=C[C@@](C)(N)C(=O)O. The number of aliphatic carboxylic acids is 1. The highest BCUT2D eigenvalue weighted by molar-refractivity contribution is 5.80. The van der Waals surface area contributed by atoms with Gasteiger partial charge in [0.1, 0.15) is 5.54 Å². The summed E-state index contributed by atoms with van der Waals surface area (Å²) in [5, 5.41) is 8.67. The van der Waals surface area contributed by atoms with Gasteiger partial charge in [-0.1, -0.05) is 31.9 Å². The zero-order chi connectivity index (χ0) is 10.3. The van der Waals surface area contributed by atoms with E-state index in [2.05, 4.69) is 6.92 Å². The standard InChI is InChI=1S/C10H19NO2/c1-3-4-5-6-7-8-10(2,11)9(12)13/h7-8H,3-6,11H2,1-2H3,(H,12,13)/t10-/m1/s1. The Bertz CT molecular complexity index is 185.